The molecule has 1 heterocycles. The summed E-state index contributed by atoms with van der Waals surface area (Å²) in [7, 11) is 0. The van der Waals surface area contributed by atoms with Crippen molar-refractivity contribution in [3.63, 3.8) is 0 Å². The van der Waals surface area contributed by atoms with E-state index in [1.54, 1.807) is 12.1 Å². The maximum atomic E-state index is 12.4. The van der Waals surface area contributed by atoms with E-state index < -0.39 is 5.97 Å². The second kappa shape index (κ2) is 6.41. The van der Waals surface area contributed by atoms with Crippen LogP contribution in [0.2, 0.25) is 0 Å². The molecule has 4 rings (SSSR count). The SMILES string of the molecule is CC1(C)Cc2cc(C(=O)O)ccc2NC1c1cccc(C(=O)NC2CC2)c1. The molecule has 1 aliphatic heterocycles. The molecule has 0 saturated heterocycles. The minimum atomic E-state index is -0.910. The molecule has 1 unspecified atom stereocenters. The highest BCUT2D eigenvalue weighted by Gasteiger charge is 2.36. The molecule has 0 radical (unpaired) electrons. The van der Waals surface area contributed by atoms with Gasteiger partial charge in [0.05, 0.1) is 11.6 Å². The van der Waals surface area contributed by atoms with Gasteiger partial charge in [0.1, 0.15) is 0 Å². The van der Waals surface area contributed by atoms with Crippen LogP contribution in [0.15, 0.2) is 42.5 Å². The Balaban J connectivity index is 1.63. The third-order valence-corrected chi connectivity index (χ3v) is 5.47. The summed E-state index contributed by atoms with van der Waals surface area (Å²) in [6, 6.07) is 13.4. The van der Waals surface area contributed by atoms with E-state index in [9.17, 15) is 14.7 Å². The molecule has 1 fully saturated rings. The zero-order valence-corrected chi connectivity index (χ0v) is 15.6. The lowest BCUT2D eigenvalue weighted by molar-refractivity contribution is 0.0696. The van der Waals surface area contributed by atoms with Crippen LogP contribution >= 0.6 is 0 Å². The smallest absolute Gasteiger partial charge is 0.335 e. The largest absolute Gasteiger partial charge is 0.478 e. The third-order valence-electron chi connectivity index (χ3n) is 5.47. The number of nitrogens with one attached hydrogen (secondary N) is 2. The van der Waals surface area contributed by atoms with Crippen LogP contribution < -0.4 is 10.6 Å². The molecule has 1 amide bonds. The Kier molecular flexibility index (Phi) is 4.17. The summed E-state index contributed by atoms with van der Waals surface area (Å²) < 4.78 is 0. The van der Waals surface area contributed by atoms with Gasteiger partial charge in [0.2, 0.25) is 0 Å². The van der Waals surface area contributed by atoms with Gasteiger partial charge in [-0.25, -0.2) is 4.79 Å². The lowest BCUT2D eigenvalue weighted by Crippen LogP contribution is -2.35. The lowest BCUT2D eigenvalue weighted by atomic mass is 9.72. The highest BCUT2D eigenvalue weighted by Crippen LogP contribution is 2.45. The van der Waals surface area contributed by atoms with Crippen LogP contribution in [0.3, 0.4) is 0 Å². The molecule has 1 saturated carbocycles. The van der Waals surface area contributed by atoms with E-state index in [2.05, 4.69) is 24.5 Å². The van der Waals surface area contributed by atoms with Crippen molar-refractivity contribution in [2.75, 3.05) is 5.32 Å². The van der Waals surface area contributed by atoms with Crippen molar-refractivity contribution in [3.05, 3.63) is 64.7 Å². The molecule has 0 bridgehead atoms. The van der Waals surface area contributed by atoms with Gasteiger partial charge in [-0.05, 0) is 66.1 Å². The average molecular weight is 364 g/mol. The van der Waals surface area contributed by atoms with Crippen LogP contribution in [0.25, 0.3) is 0 Å². The fourth-order valence-corrected chi connectivity index (χ4v) is 3.85. The first kappa shape index (κ1) is 17.6. The fourth-order valence-electron chi connectivity index (χ4n) is 3.85. The molecule has 27 heavy (non-hydrogen) atoms. The number of benzene rings is 2. The number of carbonyl (C=O) groups excluding carboxylic acids is 1. The third kappa shape index (κ3) is 3.54. The molecule has 2 aliphatic rings. The monoisotopic (exact) mass is 364 g/mol. The fraction of sp³-hybridized carbons (Fsp3) is 0.364. The van der Waals surface area contributed by atoms with Crippen LogP contribution in [0.1, 0.15) is 64.6 Å². The molecule has 5 nitrogen and oxygen atoms in total. The van der Waals surface area contributed by atoms with Gasteiger partial charge in [0.25, 0.3) is 5.91 Å². The number of amides is 1. The van der Waals surface area contributed by atoms with Crippen molar-refractivity contribution in [1.82, 2.24) is 5.32 Å². The van der Waals surface area contributed by atoms with E-state index >= 15 is 0 Å². The molecule has 140 valence electrons. The van der Waals surface area contributed by atoms with E-state index in [1.165, 1.54) is 0 Å². The predicted molar refractivity (Wildman–Crippen MR) is 104 cm³/mol. The zero-order valence-electron chi connectivity index (χ0n) is 15.6. The summed E-state index contributed by atoms with van der Waals surface area (Å²) in [5, 5.41) is 15.8. The highest BCUT2D eigenvalue weighted by atomic mass is 16.4. The number of anilines is 1. The Bertz CT molecular complexity index is 916. The number of carboxylic acids is 1. The van der Waals surface area contributed by atoms with Gasteiger partial charge in [-0.3, -0.25) is 4.79 Å². The maximum Gasteiger partial charge on any atom is 0.335 e. The van der Waals surface area contributed by atoms with E-state index in [0.29, 0.717) is 17.2 Å². The number of hydrogen-bond donors (Lipinski definition) is 3. The van der Waals surface area contributed by atoms with E-state index in [-0.39, 0.29) is 17.4 Å². The number of aromatic carboxylic acids is 1. The van der Waals surface area contributed by atoms with Crippen molar-refractivity contribution < 1.29 is 14.7 Å². The van der Waals surface area contributed by atoms with Gasteiger partial charge in [-0.2, -0.15) is 0 Å². The first-order valence-corrected chi connectivity index (χ1v) is 9.37. The summed E-state index contributed by atoms with van der Waals surface area (Å²) in [6.07, 6.45) is 2.90. The average Bonchev–Trinajstić information content (AvgIpc) is 3.44. The summed E-state index contributed by atoms with van der Waals surface area (Å²) in [5.41, 5.74) is 3.90. The van der Waals surface area contributed by atoms with E-state index in [1.807, 2.05) is 30.3 Å². The summed E-state index contributed by atoms with van der Waals surface area (Å²) >= 11 is 0. The molecule has 2 aromatic rings. The van der Waals surface area contributed by atoms with Crippen molar-refractivity contribution in [3.8, 4) is 0 Å². The molecule has 1 atom stereocenters. The molecule has 0 aromatic heterocycles. The number of hydrogen-bond acceptors (Lipinski definition) is 3. The number of fused-ring (bicyclic) bond motifs is 1. The van der Waals surface area contributed by atoms with Crippen molar-refractivity contribution in [2.24, 2.45) is 5.41 Å². The first-order chi connectivity index (χ1) is 12.8. The summed E-state index contributed by atoms with van der Waals surface area (Å²) in [6.45, 7) is 4.33. The molecule has 0 spiro atoms. The Morgan fingerprint density at radius 1 is 1.11 bits per heavy atom. The molecule has 5 heteroatoms. The Morgan fingerprint density at radius 3 is 2.59 bits per heavy atom. The standard InChI is InChI=1S/C22H24N2O3/c1-22(2)12-16-11-15(21(26)27)6-9-18(16)24-19(22)13-4-3-5-14(10-13)20(25)23-17-7-8-17/h3-6,9-11,17,19,24H,7-8,12H2,1-2H3,(H,23,25)(H,26,27). The molecular formula is C22H24N2O3. The highest BCUT2D eigenvalue weighted by molar-refractivity contribution is 5.94. The number of carboxylic acid groups (broad SMARTS) is 1. The van der Waals surface area contributed by atoms with Crippen LogP contribution in [-0.2, 0) is 6.42 Å². The van der Waals surface area contributed by atoms with Crippen LogP contribution in [-0.4, -0.2) is 23.0 Å². The van der Waals surface area contributed by atoms with Crippen LogP contribution in [0.5, 0.6) is 0 Å². The Labute approximate surface area is 158 Å². The maximum absolute atomic E-state index is 12.4. The molecule has 2 aromatic carbocycles. The minimum Gasteiger partial charge on any atom is -0.478 e. The zero-order chi connectivity index (χ0) is 19.2. The van der Waals surface area contributed by atoms with Crippen molar-refractivity contribution in [1.29, 1.82) is 0 Å². The Morgan fingerprint density at radius 2 is 1.89 bits per heavy atom. The summed E-state index contributed by atoms with van der Waals surface area (Å²) in [4.78, 5) is 23.7. The van der Waals surface area contributed by atoms with Crippen molar-refractivity contribution >= 4 is 17.6 Å². The van der Waals surface area contributed by atoms with Gasteiger partial charge in [-0.1, -0.05) is 26.0 Å². The van der Waals surface area contributed by atoms with E-state index in [0.717, 1.165) is 36.1 Å². The van der Waals surface area contributed by atoms with Crippen LogP contribution in [0, 0.1) is 5.41 Å². The molecule has 3 N–H and O–H groups in total. The lowest BCUT2D eigenvalue weighted by Gasteiger charge is -2.41. The van der Waals surface area contributed by atoms with Gasteiger partial charge in [0.15, 0.2) is 0 Å². The van der Waals surface area contributed by atoms with Gasteiger partial charge in [-0.15, -0.1) is 0 Å². The minimum absolute atomic E-state index is 0.0144. The van der Waals surface area contributed by atoms with Gasteiger partial charge < -0.3 is 15.7 Å². The second-order valence-corrected chi connectivity index (χ2v) is 8.29. The van der Waals surface area contributed by atoms with E-state index in [4.69, 9.17) is 0 Å². The normalized spacial score (nSPS) is 20.3. The summed E-state index contributed by atoms with van der Waals surface area (Å²) in [5.74, 6) is -0.924. The number of carbonyl (C=O) groups is 2. The van der Waals surface area contributed by atoms with Crippen LogP contribution in [0.4, 0.5) is 5.69 Å². The Hall–Kier alpha value is -2.82. The topological polar surface area (TPSA) is 78.4 Å². The van der Waals surface area contributed by atoms with Gasteiger partial charge >= 0.3 is 5.97 Å². The number of rotatable bonds is 4. The predicted octanol–water partition coefficient (Wildman–Crippen LogP) is 4.01. The van der Waals surface area contributed by atoms with Gasteiger partial charge in [0, 0.05) is 17.3 Å². The molecular weight excluding hydrogens is 340 g/mol. The quantitative estimate of drug-likeness (QED) is 0.766. The van der Waals surface area contributed by atoms with Crippen molar-refractivity contribution in [2.45, 2.75) is 45.2 Å². The molecule has 1 aliphatic carbocycles. The second-order valence-electron chi connectivity index (χ2n) is 8.29. The first-order valence-electron chi connectivity index (χ1n) is 9.37.